The molecule has 0 aliphatic heterocycles. The highest BCUT2D eigenvalue weighted by Crippen LogP contribution is 2.34. The van der Waals surface area contributed by atoms with Gasteiger partial charge in [0.1, 0.15) is 16.3 Å². The zero-order valence-corrected chi connectivity index (χ0v) is 12.7. The van der Waals surface area contributed by atoms with Crippen molar-refractivity contribution in [1.82, 2.24) is 4.98 Å². The molecule has 1 heterocycles. The Morgan fingerprint density at radius 3 is 2.85 bits per heavy atom. The Morgan fingerprint density at radius 1 is 1.30 bits per heavy atom. The monoisotopic (exact) mass is 292 g/mol. The van der Waals surface area contributed by atoms with Crippen molar-refractivity contribution >= 4 is 27.6 Å². The SMILES string of the molecule is CC1CCC(S(=O)c2nc3cc(N)ccc3o2)CC1C. The van der Waals surface area contributed by atoms with Gasteiger partial charge in [-0.1, -0.05) is 13.8 Å². The number of nitrogen functional groups attached to an aromatic ring is 1. The van der Waals surface area contributed by atoms with Gasteiger partial charge < -0.3 is 10.2 Å². The highest BCUT2D eigenvalue weighted by molar-refractivity contribution is 7.85. The van der Waals surface area contributed by atoms with E-state index in [1.165, 1.54) is 0 Å². The number of anilines is 1. The molecule has 0 amide bonds. The number of rotatable bonds is 2. The summed E-state index contributed by atoms with van der Waals surface area (Å²) in [6.45, 7) is 4.51. The fraction of sp³-hybridized carbons (Fsp3) is 0.533. The molecule has 1 saturated carbocycles. The van der Waals surface area contributed by atoms with Gasteiger partial charge in [0.15, 0.2) is 5.58 Å². The van der Waals surface area contributed by atoms with Crippen molar-refractivity contribution in [2.45, 2.75) is 43.6 Å². The minimum absolute atomic E-state index is 0.159. The summed E-state index contributed by atoms with van der Waals surface area (Å²) < 4.78 is 18.3. The first-order chi connectivity index (χ1) is 9.54. The second-order valence-electron chi connectivity index (χ2n) is 5.89. The van der Waals surface area contributed by atoms with Gasteiger partial charge >= 0.3 is 0 Å². The third kappa shape index (κ3) is 2.46. The first kappa shape index (κ1) is 13.6. The molecule has 4 unspecified atom stereocenters. The third-order valence-corrected chi connectivity index (χ3v) is 5.97. The second-order valence-corrected chi connectivity index (χ2v) is 7.50. The van der Waals surface area contributed by atoms with Gasteiger partial charge in [-0.05, 0) is 49.3 Å². The smallest absolute Gasteiger partial charge is 0.288 e. The van der Waals surface area contributed by atoms with Crippen LogP contribution in [0.5, 0.6) is 0 Å². The molecule has 108 valence electrons. The average Bonchev–Trinajstić information content (AvgIpc) is 2.84. The molecule has 4 nitrogen and oxygen atoms in total. The van der Waals surface area contributed by atoms with Crippen LogP contribution in [0.15, 0.2) is 27.8 Å². The predicted octanol–water partition coefficient (Wildman–Crippen LogP) is 3.34. The lowest BCUT2D eigenvalue weighted by atomic mass is 9.81. The van der Waals surface area contributed by atoms with E-state index < -0.39 is 10.8 Å². The lowest BCUT2D eigenvalue weighted by molar-refractivity contribution is 0.280. The van der Waals surface area contributed by atoms with Crippen LogP contribution in [0, 0.1) is 11.8 Å². The maximum atomic E-state index is 12.6. The fourth-order valence-electron chi connectivity index (χ4n) is 2.84. The van der Waals surface area contributed by atoms with Gasteiger partial charge in [0.25, 0.3) is 5.22 Å². The van der Waals surface area contributed by atoms with Crippen LogP contribution in [0.2, 0.25) is 0 Å². The number of benzene rings is 1. The predicted molar refractivity (Wildman–Crippen MR) is 80.8 cm³/mol. The molecular weight excluding hydrogens is 272 g/mol. The summed E-state index contributed by atoms with van der Waals surface area (Å²) >= 11 is 0. The quantitative estimate of drug-likeness (QED) is 0.862. The van der Waals surface area contributed by atoms with Crippen LogP contribution in [-0.4, -0.2) is 14.4 Å². The summed E-state index contributed by atoms with van der Waals surface area (Å²) in [4.78, 5) is 4.35. The number of nitrogens with zero attached hydrogens (tertiary/aromatic N) is 1. The molecule has 0 bridgehead atoms. The highest BCUT2D eigenvalue weighted by atomic mass is 32.2. The van der Waals surface area contributed by atoms with Crippen LogP contribution in [0.1, 0.15) is 33.1 Å². The Kier molecular flexibility index (Phi) is 3.54. The molecule has 1 aromatic carbocycles. The summed E-state index contributed by atoms with van der Waals surface area (Å²) in [5.74, 6) is 1.32. The minimum Gasteiger partial charge on any atom is -0.430 e. The van der Waals surface area contributed by atoms with E-state index in [9.17, 15) is 4.21 Å². The number of hydrogen-bond donors (Lipinski definition) is 1. The zero-order chi connectivity index (χ0) is 14.3. The van der Waals surface area contributed by atoms with Crippen molar-refractivity contribution in [3.8, 4) is 0 Å². The molecule has 5 heteroatoms. The minimum atomic E-state index is -1.16. The molecule has 1 aliphatic carbocycles. The molecule has 1 aliphatic rings. The summed E-state index contributed by atoms with van der Waals surface area (Å²) in [6.07, 6.45) is 3.10. The fourth-order valence-corrected chi connectivity index (χ4v) is 4.32. The summed E-state index contributed by atoms with van der Waals surface area (Å²) in [7, 11) is -1.16. The largest absolute Gasteiger partial charge is 0.430 e. The molecule has 20 heavy (non-hydrogen) atoms. The third-order valence-electron chi connectivity index (χ3n) is 4.42. The Labute approximate surface area is 121 Å². The molecule has 1 fully saturated rings. The second kappa shape index (κ2) is 5.20. The molecule has 2 aromatic rings. The van der Waals surface area contributed by atoms with E-state index in [2.05, 4.69) is 18.8 Å². The van der Waals surface area contributed by atoms with Crippen molar-refractivity contribution < 1.29 is 8.63 Å². The van der Waals surface area contributed by atoms with Crippen molar-refractivity contribution in [2.75, 3.05) is 5.73 Å². The number of oxazole rings is 1. The van der Waals surface area contributed by atoms with E-state index in [4.69, 9.17) is 10.2 Å². The number of hydrogen-bond acceptors (Lipinski definition) is 4. The van der Waals surface area contributed by atoms with Gasteiger partial charge in [-0.2, -0.15) is 0 Å². The van der Waals surface area contributed by atoms with Gasteiger partial charge in [-0.25, -0.2) is 9.19 Å². The van der Waals surface area contributed by atoms with Crippen LogP contribution >= 0.6 is 0 Å². The Hall–Kier alpha value is -1.36. The number of fused-ring (bicyclic) bond motifs is 1. The Morgan fingerprint density at radius 2 is 2.10 bits per heavy atom. The van der Waals surface area contributed by atoms with Crippen LogP contribution in [0.25, 0.3) is 11.1 Å². The van der Waals surface area contributed by atoms with E-state index in [1.807, 2.05) is 0 Å². The summed E-state index contributed by atoms with van der Waals surface area (Å²) in [6, 6.07) is 5.31. The van der Waals surface area contributed by atoms with Gasteiger partial charge in [0.2, 0.25) is 0 Å². The van der Waals surface area contributed by atoms with E-state index in [1.54, 1.807) is 18.2 Å². The summed E-state index contributed by atoms with van der Waals surface area (Å²) in [5, 5.41) is 0.504. The highest BCUT2D eigenvalue weighted by Gasteiger charge is 2.31. The van der Waals surface area contributed by atoms with E-state index in [0.717, 1.165) is 19.3 Å². The molecule has 2 N–H and O–H groups in total. The lowest BCUT2D eigenvalue weighted by Crippen LogP contribution is -2.28. The molecule has 1 aromatic heterocycles. The number of aromatic nitrogens is 1. The molecule has 0 radical (unpaired) electrons. The molecule has 4 atom stereocenters. The topological polar surface area (TPSA) is 69.1 Å². The number of nitrogens with two attached hydrogens (primary N) is 1. The standard InChI is InChI=1S/C15H20N2O2S/c1-9-3-5-12(7-10(9)2)20(18)15-17-13-8-11(16)4-6-14(13)19-15/h4,6,8-10,12H,3,5,7,16H2,1-2H3. The van der Waals surface area contributed by atoms with E-state index in [0.29, 0.717) is 33.8 Å². The molecule has 0 spiro atoms. The van der Waals surface area contributed by atoms with Crippen LogP contribution in [0.3, 0.4) is 0 Å². The van der Waals surface area contributed by atoms with E-state index >= 15 is 0 Å². The van der Waals surface area contributed by atoms with E-state index in [-0.39, 0.29) is 5.25 Å². The maximum absolute atomic E-state index is 12.6. The van der Waals surface area contributed by atoms with Crippen LogP contribution in [-0.2, 0) is 10.8 Å². The first-order valence-electron chi connectivity index (χ1n) is 7.11. The van der Waals surface area contributed by atoms with Gasteiger partial charge in [0.05, 0.1) is 0 Å². The maximum Gasteiger partial charge on any atom is 0.288 e. The Balaban J connectivity index is 1.85. The van der Waals surface area contributed by atoms with Crippen LogP contribution in [0.4, 0.5) is 5.69 Å². The van der Waals surface area contributed by atoms with Crippen molar-refractivity contribution in [1.29, 1.82) is 0 Å². The zero-order valence-electron chi connectivity index (χ0n) is 11.8. The van der Waals surface area contributed by atoms with Crippen molar-refractivity contribution in [3.63, 3.8) is 0 Å². The molecular formula is C15H20N2O2S. The van der Waals surface area contributed by atoms with Gasteiger partial charge in [0, 0.05) is 10.9 Å². The van der Waals surface area contributed by atoms with Gasteiger partial charge in [-0.3, -0.25) is 0 Å². The molecule has 0 saturated heterocycles. The lowest BCUT2D eigenvalue weighted by Gasteiger charge is -2.30. The Bertz CT molecular complexity index is 652. The normalized spacial score (nSPS) is 28.6. The average molecular weight is 292 g/mol. The van der Waals surface area contributed by atoms with Crippen molar-refractivity contribution in [3.05, 3.63) is 18.2 Å². The molecule has 3 rings (SSSR count). The van der Waals surface area contributed by atoms with Crippen LogP contribution < -0.4 is 5.73 Å². The first-order valence-corrected chi connectivity index (χ1v) is 8.32. The summed E-state index contributed by atoms with van der Waals surface area (Å²) in [5.41, 5.74) is 7.71. The van der Waals surface area contributed by atoms with Crippen molar-refractivity contribution in [2.24, 2.45) is 11.8 Å². The van der Waals surface area contributed by atoms with Gasteiger partial charge in [-0.15, -0.1) is 0 Å².